The normalized spacial score (nSPS) is 12.2. The molecule has 0 amide bonds. The van der Waals surface area contributed by atoms with Crippen LogP contribution in [0.15, 0.2) is 22.7 Å². The van der Waals surface area contributed by atoms with E-state index in [1.165, 1.54) is 0 Å². The quantitative estimate of drug-likeness (QED) is 0.822. The second kappa shape index (κ2) is 6.71. The fourth-order valence-corrected chi connectivity index (χ4v) is 1.67. The van der Waals surface area contributed by atoms with E-state index in [9.17, 15) is 9.18 Å². The van der Waals surface area contributed by atoms with Crippen LogP contribution >= 0.6 is 15.9 Å². The second-order valence-corrected chi connectivity index (χ2v) is 4.41. The first-order valence-corrected chi connectivity index (χ1v) is 6.07. The van der Waals surface area contributed by atoms with Crippen LogP contribution < -0.4 is 4.74 Å². The third-order valence-corrected chi connectivity index (χ3v) is 2.73. The van der Waals surface area contributed by atoms with Gasteiger partial charge in [-0.15, -0.1) is 0 Å². The largest absolute Gasteiger partial charge is 0.485 e. The first-order chi connectivity index (χ1) is 8.12. The molecule has 1 unspecified atom stereocenters. The molecule has 0 spiro atoms. The van der Waals surface area contributed by atoms with Crippen molar-refractivity contribution in [2.75, 3.05) is 13.3 Å². The van der Waals surface area contributed by atoms with E-state index in [0.717, 1.165) is 4.47 Å². The minimum atomic E-state index is -0.931. The van der Waals surface area contributed by atoms with Crippen LogP contribution in [0.4, 0.5) is 4.39 Å². The molecule has 0 heterocycles. The van der Waals surface area contributed by atoms with Gasteiger partial charge in [-0.2, -0.15) is 0 Å². The Morgan fingerprint density at radius 2 is 2.29 bits per heavy atom. The molecular formula is C12H14BrFO3. The van der Waals surface area contributed by atoms with Gasteiger partial charge in [0.1, 0.15) is 18.5 Å². The zero-order chi connectivity index (χ0) is 12.8. The summed E-state index contributed by atoms with van der Waals surface area (Å²) in [5.74, 6) is 0.216. The number of hydrogen-bond donors (Lipinski definition) is 1. The van der Waals surface area contributed by atoms with Gasteiger partial charge >= 0.3 is 0 Å². The van der Waals surface area contributed by atoms with Crippen LogP contribution in [0.5, 0.6) is 5.75 Å². The number of aliphatic hydroxyl groups is 1. The molecule has 0 fully saturated rings. The Morgan fingerprint density at radius 3 is 2.82 bits per heavy atom. The van der Waals surface area contributed by atoms with Crippen LogP contribution in [-0.2, 0) is 0 Å². The van der Waals surface area contributed by atoms with Gasteiger partial charge in [0.2, 0.25) is 0 Å². The molecule has 1 N–H and O–H groups in total. The van der Waals surface area contributed by atoms with Gasteiger partial charge in [0.05, 0.1) is 12.2 Å². The van der Waals surface area contributed by atoms with Crippen molar-refractivity contribution in [3.8, 4) is 5.75 Å². The number of rotatable bonds is 6. The Balaban J connectivity index is 3.01. The van der Waals surface area contributed by atoms with Gasteiger partial charge in [-0.3, -0.25) is 4.79 Å². The fourth-order valence-electron chi connectivity index (χ4n) is 1.31. The van der Waals surface area contributed by atoms with Gasteiger partial charge in [-0.25, -0.2) is 4.39 Å². The van der Waals surface area contributed by atoms with Crippen molar-refractivity contribution in [2.45, 2.75) is 19.4 Å². The van der Waals surface area contributed by atoms with Crippen LogP contribution in [0.2, 0.25) is 0 Å². The Bertz CT molecular complexity index is 391. The molecule has 17 heavy (non-hydrogen) atoms. The van der Waals surface area contributed by atoms with E-state index in [1.54, 1.807) is 25.1 Å². The van der Waals surface area contributed by atoms with E-state index in [0.29, 0.717) is 17.7 Å². The zero-order valence-electron chi connectivity index (χ0n) is 9.45. The summed E-state index contributed by atoms with van der Waals surface area (Å²) in [6.45, 7) is 0.518. The van der Waals surface area contributed by atoms with E-state index in [4.69, 9.17) is 9.84 Å². The van der Waals surface area contributed by atoms with Gasteiger partial charge in [-0.1, -0.05) is 22.9 Å². The van der Waals surface area contributed by atoms with Gasteiger partial charge in [0.15, 0.2) is 5.78 Å². The lowest BCUT2D eigenvalue weighted by Crippen LogP contribution is -2.24. The van der Waals surface area contributed by atoms with Gasteiger partial charge in [-0.05, 0) is 18.2 Å². The second-order valence-electron chi connectivity index (χ2n) is 3.49. The molecular weight excluding hydrogens is 291 g/mol. The van der Waals surface area contributed by atoms with Crippen LogP contribution in [-0.4, -0.2) is 30.3 Å². The number of aliphatic hydroxyl groups excluding tert-OH is 1. The molecule has 0 saturated heterocycles. The highest BCUT2D eigenvalue weighted by Crippen LogP contribution is 2.25. The van der Waals surface area contributed by atoms with Gasteiger partial charge < -0.3 is 9.84 Å². The molecule has 1 aromatic carbocycles. The molecule has 0 radical (unpaired) electrons. The van der Waals surface area contributed by atoms with Crippen molar-refractivity contribution in [3.63, 3.8) is 0 Å². The molecule has 0 aliphatic heterocycles. The number of ketones is 1. The number of ether oxygens (including phenoxy) is 1. The number of benzene rings is 1. The third-order valence-electron chi connectivity index (χ3n) is 2.23. The summed E-state index contributed by atoms with van der Waals surface area (Å²) in [6, 6.07) is 4.92. The number of alkyl halides is 1. The Kier molecular flexibility index (Phi) is 5.58. The average molecular weight is 305 g/mol. The Labute approximate surface area is 108 Å². The van der Waals surface area contributed by atoms with Crippen molar-refractivity contribution >= 4 is 21.7 Å². The first kappa shape index (κ1) is 14.1. The van der Waals surface area contributed by atoms with Crippen LogP contribution in [0.25, 0.3) is 0 Å². The topological polar surface area (TPSA) is 46.5 Å². The zero-order valence-corrected chi connectivity index (χ0v) is 11.0. The molecule has 94 valence electrons. The summed E-state index contributed by atoms with van der Waals surface area (Å²) in [7, 11) is 0. The van der Waals surface area contributed by atoms with Crippen molar-refractivity contribution in [1.82, 2.24) is 0 Å². The molecule has 0 aliphatic carbocycles. The van der Waals surface area contributed by atoms with Crippen LogP contribution in [0, 0.1) is 0 Å². The predicted octanol–water partition coefficient (Wildman–Crippen LogP) is 2.75. The van der Waals surface area contributed by atoms with Crippen molar-refractivity contribution in [2.24, 2.45) is 0 Å². The minimum Gasteiger partial charge on any atom is -0.485 e. The van der Waals surface area contributed by atoms with E-state index < -0.39 is 19.4 Å². The summed E-state index contributed by atoms with van der Waals surface area (Å²) in [5, 5.41) is 8.87. The van der Waals surface area contributed by atoms with E-state index >= 15 is 0 Å². The number of carbonyl (C=O) groups excluding carboxylic acids is 1. The van der Waals surface area contributed by atoms with Gasteiger partial charge in [0, 0.05) is 10.9 Å². The van der Waals surface area contributed by atoms with Crippen LogP contribution in [0.1, 0.15) is 23.7 Å². The van der Waals surface area contributed by atoms with E-state index in [1.807, 2.05) is 0 Å². The highest BCUT2D eigenvalue weighted by atomic mass is 79.9. The van der Waals surface area contributed by atoms with E-state index in [-0.39, 0.29) is 5.78 Å². The maximum Gasteiger partial charge on any atom is 0.166 e. The summed E-state index contributed by atoms with van der Waals surface area (Å²) in [4.78, 5) is 11.7. The monoisotopic (exact) mass is 304 g/mol. The van der Waals surface area contributed by atoms with E-state index in [2.05, 4.69) is 15.9 Å². The highest BCUT2D eigenvalue weighted by Gasteiger charge is 2.15. The number of hydrogen-bond acceptors (Lipinski definition) is 3. The van der Waals surface area contributed by atoms with Crippen molar-refractivity contribution < 1.29 is 19.0 Å². The summed E-state index contributed by atoms with van der Waals surface area (Å²) in [5.41, 5.74) is 0.397. The Hall–Kier alpha value is -0.940. The SMILES string of the molecule is CCC(=O)c1cc(Br)ccc1OC(CO)CF. The molecule has 1 aromatic rings. The molecule has 1 rings (SSSR count). The third kappa shape index (κ3) is 3.78. The smallest absolute Gasteiger partial charge is 0.166 e. The van der Waals surface area contributed by atoms with Crippen molar-refractivity contribution in [3.05, 3.63) is 28.2 Å². The van der Waals surface area contributed by atoms with Crippen molar-refractivity contribution in [1.29, 1.82) is 0 Å². The Morgan fingerprint density at radius 1 is 1.59 bits per heavy atom. The van der Waals surface area contributed by atoms with Gasteiger partial charge in [0.25, 0.3) is 0 Å². The molecule has 0 bridgehead atoms. The summed E-state index contributed by atoms with van der Waals surface area (Å²) in [6.07, 6.45) is -0.591. The summed E-state index contributed by atoms with van der Waals surface area (Å²) < 4.78 is 18.5. The molecule has 0 saturated carbocycles. The van der Waals surface area contributed by atoms with Crippen LogP contribution in [0.3, 0.4) is 0 Å². The lowest BCUT2D eigenvalue weighted by molar-refractivity contribution is 0.0880. The first-order valence-electron chi connectivity index (χ1n) is 5.28. The lowest BCUT2D eigenvalue weighted by atomic mass is 10.1. The number of carbonyl (C=O) groups is 1. The molecule has 1 atom stereocenters. The number of halogens is 2. The fraction of sp³-hybridized carbons (Fsp3) is 0.417. The minimum absolute atomic E-state index is 0.0863. The highest BCUT2D eigenvalue weighted by molar-refractivity contribution is 9.10. The number of Topliss-reactive ketones (excluding diaryl/α,β-unsaturated/α-hetero) is 1. The average Bonchev–Trinajstić information content (AvgIpc) is 2.36. The summed E-state index contributed by atoms with van der Waals surface area (Å²) >= 11 is 3.26. The standard InChI is InChI=1S/C12H14BrFO3/c1-2-11(16)10-5-8(13)3-4-12(10)17-9(6-14)7-15/h3-5,9,15H,2,6-7H2,1H3. The molecule has 0 aliphatic rings. The molecule has 0 aromatic heterocycles. The molecule has 5 heteroatoms. The molecule has 3 nitrogen and oxygen atoms in total. The maximum absolute atomic E-state index is 12.5. The lowest BCUT2D eigenvalue weighted by Gasteiger charge is -2.16. The predicted molar refractivity (Wildman–Crippen MR) is 66.2 cm³/mol. The maximum atomic E-state index is 12.5.